The molecule has 0 N–H and O–H groups in total. The summed E-state index contributed by atoms with van der Waals surface area (Å²) in [7, 11) is 0. The van der Waals surface area contributed by atoms with Crippen LogP contribution in [-0.2, 0) is 9.53 Å². The van der Waals surface area contributed by atoms with Crippen LogP contribution in [-0.4, -0.2) is 21.4 Å². The Morgan fingerprint density at radius 3 is 2.50 bits per heavy atom. The van der Waals surface area contributed by atoms with Crippen molar-refractivity contribution >= 4 is 5.97 Å². The number of alkyl halides is 2. The second-order valence-electron chi connectivity index (χ2n) is 3.22. The Labute approximate surface area is 98.0 Å². The van der Waals surface area contributed by atoms with E-state index in [0.717, 1.165) is 6.42 Å². The standard InChI is InChI=1S/C11H22IO2/c1-3-5-6-7-8-9-14-11(13)10-12-4-2/h3-10H2,1-2H3/q-1. The molecule has 0 rings (SSSR count). The van der Waals surface area contributed by atoms with Crippen molar-refractivity contribution in [2.45, 2.75) is 46.0 Å². The third-order valence-electron chi connectivity index (χ3n) is 1.90. The monoisotopic (exact) mass is 313 g/mol. The molecule has 0 aliphatic rings. The number of halogens is 1. The fourth-order valence-electron chi connectivity index (χ4n) is 1.10. The van der Waals surface area contributed by atoms with Crippen LogP contribution in [0.1, 0.15) is 46.0 Å². The van der Waals surface area contributed by atoms with Gasteiger partial charge in [0, 0.05) is 0 Å². The summed E-state index contributed by atoms with van der Waals surface area (Å²) in [6.07, 6.45) is 6.08. The van der Waals surface area contributed by atoms with Gasteiger partial charge in [0.25, 0.3) is 0 Å². The van der Waals surface area contributed by atoms with E-state index in [2.05, 4.69) is 13.8 Å². The first-order chi connectivity index (χ1) is 6.81. The van der Waals surface area contributed by atoms with E-state index >= 15 is 0 Å². The summed E-state index contributed by atoms with van der Waals surface area (Å²) in [6, 6.07) is 0. The van der Waals surface area contributed by atoms with Crippen LogP contribution in [0.2, 0.25) is 0 Å². The molecule has 0 fully saturated rings. The van der Waals surface area contributed by atoms with Crippen molar-refractivity contribution in [3.8, 4) is 0 Å². The van der Waals surface area contributed by atoms with Crippen molar-refractivity contribution in [2.24, 2.45) is 0 Å². The Bertz CT molecular complexity index is 137. The number of carbonyl (C=O) groups is 1. The first-order valence-electron chi connectivity index (χ1n) is 5.50. The maximum atomic E-state index is 11.1. The SMILES string of the molecule is CCCCCCCOC(=O)C[I-]CC. The quantitative estimate of drug-likeness (QED) is 0.251. The van der Waals surface area contributed by atoms with Gasteiger partial charge < -0.3 is 0 Å². The molecule has 0 aromatic rings. The van der Waals surface area contributed by atoms with E-state index in [1.807, 2.05) is 0 Å². The van der Waals surface area contributed by atoms with Crippen molar-refractivity contribution in [1.82, 2.24) is 0 Å². The summed E-state index contributed by atoms with van der Waals surface area (Å²) >= 11 is 0.0811. The van der Waals surface area contributed by atoms with Gasteiger partial charge in [0.1, 0.15) is 0 Å². The second kappa shape index (κ2) is 11.3. The molecule has 0 atom stereocenters. The van der Waals surface area contributed by atoms with E-state index in [1.165, 1.54) is 30.1 Å². The Morgan fingerprint density at radius 2 is 1.86 bits per heavy atom. The van der Waals surface area contributed by atoms with E-state index in [0.29, 0.717) is 11.0 Å². The predicted molar refractivity (Wildman–Crippen MR) is 55.1 cm³/mol. The van der Waals surface area contributed by atoms with Crippen LogP contribution >= 0.6 is 0 Å². The normalized spacial score (nSPS) is 10.4. The molecule has 0 aromatic carbocycles. The molecule has 0 heterocycles. The molecule has 86 valence electrons. The first kappa shape index (κ1) is 14.2. The average Bonchev–Trinajstić information content (AvgIpc) is 2.20. The van der Waals surface area contributed by atoms with Crippen LogP contribution in [0.3, 0.4) is 0 Å². The molecule has 3 heteroatoms. The number of carbonyl (C=O) groups excluding carboxylic acids is 1. The summed E-state index contributed by atoms with van der Waals surface area (Å²) in [4.78, 5) is 11.1. The number of esters is 1. The summed E-state index contributed by atoms with van der Waals surface area (Å²) in [6.45, 7) is 4.97. The molecule has 0 spiro atoms. The summed E-state index contributed by atoms with van der Waals surface area (Å²) in [5.74, 6) is 0.0233. The van der Waals surface area contributed by atoms with Gasteiger partial charge in [0.15, 0.2) is 0 Å². The van der Waals surface area contributed by atoms with Crippen LogP contribution in [0.15, 0.2) is 0 Å². The van der Waals surface area contributed by atoms with Crippen molar-refractivity contribution in [3.05, 3.63) is 0 Å². The van der Waals surface area contributed by atoms with Crippen LogP contribution < -0.4 is 21.2 Å². The first-order valence-corrected chi connectivity index (χ1v) is 8.55. The van der Waals surface area contributed by atoms with Crippen molar-refractivity contribution in [2.75, 3.05) is 15.5 Å². The third kappa shape index (κ3) is 10.3. The van der Waals surface area contributed by atoms with Crippen molar-refractivity contribution in [1.29, 1.82) is 0 Å². The van der Waals surface area contributed by atoms with E-state index < -0.39 is 0 Å². The molecular weight excluding hydrogens is 291 g/mol. The van der Waals surface area contributed by atoms with Crippen molar-refractivity contribution < 1.29 is 30.7 Å². The Balaban J connectivity index is 3.07. The minimum absolute atomic E-state index is 0.0233. The number of ether oxygens (including phenoxy) is 1. The molecule has 0 bridgehead atoms. The van der Waals surface area contributed by atoms with Gasteiger partial charge in [-0.15, -0.1) is 0 Å². The molecule has 0 amide bonds. The van der Waals surface area contributed by atoms with Gasteiger partial charge in [-0.1, -0.05) is 0 Å². The fourth-order valence-corrected chi connectivity index (χ4v) is 2.30. The van der Waals surface area contributed by atoms with E-state index in [-0.39, 0.29) is 27.2 Å². The van der Waals surface area contributed by atoms with E-state index in [9.17, 15) is 4.79 Å². The average molecular weight is 313 g/mol. The molecule has 0 aromatic heterocycles. The van der Waals surface area contributed by atoms with Gasteiger partial charge in [-0.25, -0.2) is 0 Å². The fraction of sp³-hybridized carbons (Fsp3) is 0.909. The molecule has 0 saturated heterocycles. The molecule has 0 radical (unpaired) electrons. The van der Waals surface area contributed by atoms with Crippen LogP contribution in [0.5, 0.6) is 0 Å². The molecule has 0 saturated carbocycles. The number of hydrogen-bond donors (Lipinski definition) is 0. The van der Waals surface area contributed by atoms with Crippen LogP contribution in [0.4, 0.5) is 0 Å². The van der Waals surface area contributed by atoms with E-state index in [1.54, 1.807) is 0 Å². The predicted octanol–water partition coefficient (Wildman–Crippen LogP) is -0.391. The van der Waals surface area contributed by atoms with Crippen LogP contribution in [0, 0.1) is 0 Å². The van der Waals surface area contributed by atoms with Crippen molar-refractivity contribution in [3.63, 3.8) is 0 Å². The third-order valence-corrected chi connectivity index (χ3v) is 4.14. The number of hydrogen-bond acceptors (Lipinski definition) is 2. The molecule has 0 unspecified atom stereocenters. The number of unbranched alkanes of at least 4 members (excludes halogenated alkanes) is 4. The van der Waals surface area contributed by atoms with Gasteiger partial charge in [-0.05, 0) is 0 Å². The van der Waals surface area contributed by atoms with Gasteiger partial charge in [0.05, 0.1) is 0 Å². The molecule has 0 aliphatic heterocycles. The Morgan fingerprint density at radius 1 is 1.14 bits per heavy atom. The maximum absolute atomic E-state index is 11.1. The topological polar surface area (TPSA) is 26.3 Å². The molecule has 2 nitrogen and oxygen atoms in total. The Hall–Kier alpha value is 0.200. The molecule has 0 aliphatic carbocycles. The van der Waals surface area contributed by atoms with Crippen LogP contribution in [0.25, 0.3) is 0 Å². The molecular formula is C11H22IO2-. The van der Waals surface area contributed by atoms with Gasteiger partial charge in [-0.2, -0.15) is 0 Å². The zero-order valence-corrected chi connectivity index (χ0v) is 11.5. The zero-order chi connectivity index (χ0) is 10.6. The molecule has 14 heavy (non-hydrogen) atoms. The second-order valence-corrected chi connectivity index (χ2v) is 6.59. The van der Waals surface area contributed by atoms with Gasteiger partial charge in [0.2, 0.25) is 0 Å². The minimum atomic E-state index is 0.0233. The van der Waals surface area contributed by atoms with E-state index in [4.69, 9.17) is 4.74 Å². The summed E-state index contributed by atoms with van der Waals surface area (Å²) < 4.78 is 6.98. The Kier molecular flexibility index (Phi) is 11.4. The van der Waals surface area contributed by atoms with Gasteiger partial charge >= 0.3 is 98.1 Å². The zero-order valence-electron chi connectivity index (χ0n) is 9.35. The van der Waals surface area contributed by atoms with Gasteiger partial charge in [-0.3, -0.25) is 0 Å². The summed E-state index contributed by atoms with van der Waals surface area (Å²) in [5, 5.41) is 0. The number of rotatable bonds is 9. The summed E-state index contributed by atoms with van der Waals surface area (Å²) in [5.41, 5.74) is 0.